The molecule has 4 aromatic heterocycles. The lowest BCUT2D eigenvalue weighted by molar-refractivity contribution is -0.141. The summed E-state index contributed by atoms with van der Waals surface area (Å²) in [7, 11) is 4.18. The lowest BCUT2D eigenvalue weighted by Gasteiger charge is -2.41. The van der Waals surface area contributed by atoms with E-state index in [4.69, 9.17) is 28.9 Å². The van der Waals surface area contributed by atoms with Crippen molar-refractivity contribution in [2.75, 3.05) is 75.4 Å². The van der Waals surface area contributed by atoms with Gasteiger partial charge in [-0.3, -0.25) is 19.5 Å². The molecular weight excluding hydrogens is 1120 g/mol. The van der Waals surface area contributed by atoms with Crippen molar-refractivity contribution in [3.63, 3.8) is 0 Å². The van der Waals surface area contributed by atoms with Crippen LogP contribution in [0.5, 0.6) is 11.8 Å². The van der Waals surface area contributed by atoms with Gasteiger partial charge in [0.05, 0.1) is 60.6 Å². The number of carbonyl (C=O) groups is 3. The Hall–Kier alpha value is -7.24. The van der Waals surface area contributed by atoms with Gasteiger partial charge < -0.3 is 54.4 Å². The van der Waals surface area contributed by atoms with Gasteiger partial charge in [-0.15, -0.1) is 11.3 Å². The van der Waals surface area contributed by atoms with Crippen molar-refractivity contribution in [3.8, 4) is 33.5 Å². The molecule has 0 spiro atoms. The van der Waals surface area contributed by atoms with Crippen LogP contribution in [-0.4, -0.2) is 179 Å². The Bertz CT molecular complexity index is 3770. The Morgan fingerprint density at radius 2 is 1.72 bits per heavy atom. The van der Waals surface area contributed by atoms with Crippen molar-refractivity contribution in [1.82, 2.24) is 50.4 Å². The van der Waals surface area contributed by atoms with Crippen LogP contribution in [0.4, 0.5) is 16.4 Å². The summed E-state index contributed by atoms with van der Waals surface area (Å²) >= 11 is 1.59. The van der Waals surface area contributed by atoms with Gasteiger partial charge in [0.1, 0.15) is 36.7 Å². The van der Waals surface area contributed by atoms with E-state index in [0.29, 0.717) is 62.5 Å². The van der Waals surface area contributed by atoms with Gasteiger partial charge in [-0.05, 0) is 104 Å². The largest absolute Gasteiger partial charge is 0.508 e. The van der Waals surface area contributed by atoms with Gasteiger partial charge in [0, 0.05) is 98.8 Å². The number of pyridine rings is 1. The first kappa shape index (κ1) is 56.6. The molecule has 447 valence electrons. The molecule has 22 heteroatoms. The first-order chi connectivity index (χ1) is 41.5. The molecule has 10 heterocycles. The van der Waals surface area contributed by atoms with Crippen LogP contribution >= 0.6 is 11.3 Å². The van der Waals surface area contributed by atoms with Crippen molar-refractivity contribution in [3.05, 3.63) is 101 Å². The fourth-order valence-electron chi connectivity index (χ4n) is 15.2. The third kappa shape index (κ3) is 10.0. The number of ether oxygens (including phenoxy) is 2. The van der Waals surface area contributed by atoms with E-state index in [1.165, 1.54) is 10.5 Å². The van der Waals surface area contributed by atoms with E-state index >= 15 is 0 Å². The number of aliphatic hydroxyl groups is 1. The van der Waals surface area contributed by atoms with Crippen LogP contribution in [0.1, 0.15) is 119 Å². The molecule has 6 saturated heterocycles. The summed E-state index contributed by atoms with van der Waals surface area (Å²) < 4.78 is 19.0. The Labute approximate surface area is 507 Å². The lowest BCUT2D eigenvalue weighted by atomic mass is 9.79. The standard InChI is InChI=1S/C64H73N12O8SSi/c1-35(2)52(60(80)75-31-45(78)26-49(75)59(79)67-37(4)39-10-12-40(13-11-39)57-38(5)66-34-85-57)50-27-51(71-84-50)72-20-22-73(23-21-72)62(81)83-33-64(86)18-17-63(16-7-19-76(63)64)32-82-61-69-56-48(58(70-61)74-29-42-14-15-43(30-74)68-42)28-65-55-47-25-44(77)24-41-8-6-9-46(54(41)47)36(3)53(55)56/h6,8-13,24-25,27-28,34-37,42-43,45,49,52,68,77-78H,7,14-23,26,29-33H2,1-5H3,(H,67,79)/t36?,37-,42?,43?,45+,49-,52+,63-,64+/m0/s1. The number of rotatable bonds is 14. The maximum atomic E-state index is 14.5. The highest BCUT2D eigenvalue weighted by Crippen LogP contribution is 2.50. The number of phenols is 1. The van der Waals surface area contributed by atoms with Crippen LogP contribution in [0.2, 0.25) is 0 Å². The van der Waals surface area contributed by atoms with E-state index in [1.54, 1.807) is 22.3 Å². The van der Waals surface area contributed by atoms with Gasteiger partial charge in [-0.2, -0.15) is 9.97 Å². The molecule has 86 heavy (non-hydrogen) atoms. The van der Waals surface area contributed by atoms with Crippen molar-refractivity contribution in [2.45, 2.75) is 132 Å². The predicted octanol–water partition coefficient (Wildman–Crippen LogP) is 7.79. The minimum Gasteiger partial charge on any atom is -0.508 e. The molecule has 9 atom stereocenters. The van der Waals surface area contributed by atoms with E-state index in [0.717, 1.165) is 124 Å². The highest BCUT2D eigenvalue weighted by Gasteiger charge is 2.56. The number of anilines is 2. The molecule has 4 N–H and O–H groups in total. The zero-order valence-electron chi connectivity index (χ0n) is 49.3. The molecule has 6 fully saturated rings. The first-order valence-corrected chi connectivity index (χ1v) is 31.9. The monoisotopic (exact) mass is 1200 g/mol. The topological polar surface area (TPSA) is 228 Å². The van der Waals surface area contributed by atoms with Gasteiger partial charge >= 0.3 is 12.1 Å². The number of carbonyl (C=O) groups excluding carboxylic acids is 3. The van der Waals surface area contributed by atoms with Crippen LogP contribution < -0.4 is 25.2 Å². The van der Waals surface area contributed by atoms with Crippen LogP contribution in [-0.2, 0) is 14.3 Å². The molecule has 14 rings (SSSR count). The normalized spacial score (nSPS) is 25.9. The van der Waals surface area contributed by atoms with Gasteiger partial charge in [-0.1, -0.05) is 68.4 Å². The maximum Gasteiger partial charge on any atom is 0.409 e. The average Bonchev–Trinajstić information content (AvgIpc) is 0.888. The third-order valence-corrected chi connectivity index (χ3v) is 21.3. The SMILES string of the molecule is Cc1ncsc1-c1ccc([C@H](C)NC(=O)[C@@H]2C[C@@H](O)CN2C(=O)[C@@H](c2cc(N3CCN(C(=O)OC[C@]4([Si])CC[C@]5(COc6nc(N7CC8CCC(C7)N8)c7cnc8c(c7n6)C(C)c6cccc7cc(O)cc-8c67)CCCN45)CC3)no2)C(C)C)cc1. The number of benzene rings is 3. The Morgan fingerprint density at radius 3 is 2.48 bits per heavy atom. The number of fused-ring (bicyclic) bond motifs is 7. The Kier molecular flexibility index (Phi) is 14.6. The van der Waals surface area contributed by atoms with Crippen molar-refractivity contribution >= 4 is 72.8 Å². The second kappa shape index (κ2) is 22.2. The number of nitrogens with zero attached hydrogens (tertiary/aromatic N) is 10. The van der Waals surface area contributed by atoms with Gasteiger partial charge in [0.25, 0.3) is 0 Å². The predicted molar refractivity (Wildman–Crippen MR) is 328 cm³/mol. The number of piperazine rings is 2. The average molecular weight is 1200 g/mol. The fourth-order valence-corrected chi connectivity index (χ4v) is 16.6. The minimum atomic E-state index is -0.859. The van der Waals surface area contributed by atoms with E-state index in [9.17, 15) is 24.6 Å². The molecule has 6 aliphatic heterocycles. The number of hydrogen-bond acceptors (Lipinski definition) is 18. The first-order valence-electron chi connectivity index (χ1n) is 30.6. The zero-order valence-corrected chi connectivity index (χ0v) is 51.1. The van der Waals surface area contributed by atoms with Crippen LogP contribution in [0, 0.1) is 12.8 Å². The maximum absolute atomic E-state index is 14.5. The summed E-state index contributed by atoms with van der Waals surface area (Å²) in [6.45, 7) is 14.7. The number of aromatic nitrogens is 5. The molecule has 3 radical (unpaired) electrons. The molecule has 3 aromatic carbocycles. The van der Waals surface area contributed by atoms with Crippen LogP contribution in [0.15, 0.2) is 76.9 Å². The number of amides is 3. The molecule has 3 unspecified atom stereocenters. The summed E-state index contributed by atoms with van der Waals surface area (Å²) in [6.07, 6.45) is 6.52. The summed E-state index contributed by atoms with van der Waals surface area (Å²) in [6, 6.07) is 19.6. The summed E-state index contributed by atoms with van der Waals surface area (Å²) in [4.78, 5) is 73.5. The number of thiazole rings is 1. The molecule has 0 saturated carbocycles. The van der Waals surface area contributed by atoms with Gasteiger partial charge in [0.2, 0.25) is 11.8 Å². The Balaban J connectivity index is 0.613. The number of aromatic hydroxyl groups is 1. The summed E-state index contributed by atoms with van der Waals surface area (Å²) in [5, 5.41) is 35.4. The second-order valence-electron chi connectivity index (χ2n) is 25.5. The van der Waals surface area contributed by atoms with Gasteiger partial charge in [0.15, 0.2) is 11.6 Å². The number of likely N-dealkylation sites (tertiary alicyclic amines) is 1. The minimum absolute atomic E-state index is 0.0276. The van der Waals surface area contributed by atoms with E-state index in [2.05, 4.69) is 59.9 Å². The van der Waals surface area contributed by atoms with Crippen LogP contribution in [0.25, 0.3) is 43.4 Å². The van der Waals surface area contributed by atoms with Gasteiger partial charge in [-0.25, -0.2) is 9.78 Å². The van der Waals surface area contributed by atoms with Crippen LogP contribution in [0.3, 0.4) is 0 Å². The van der Waals surface area contributed by atoms with E-state index < -0.39 is 23.2 Å². The number of aliphatic hydroxyl groups excluding tert-OH is 1. The zero-order chi connectivity index (χ0) is 59.3. The quantitative estimate of drug-likeness (QED) is 0.0762. The molecule has 7 aliphatic rings. The third-order valence-electron chi connectivity index (χ3n) is 19.7. The summed E-state index contributed by atoms with van der Waals surface area (Å²) in [5.74, 6) is 0.346. The molecule has 3 amide bonds. The lowest BCUT2D eigenvalue weighted by Crippen LogP contribution is -2.56. The number of hydrogen-bond donors (Lipinski definition) is 4. The van der Waals surface area contributed by atoms with E-state index in [-0.39, 0.29) is 66.6 Å². The van der Waals surface area contributed by atoms with Crippen molar-refractivity contribution < 1.29 is 38.6 Å². The smallest absolute Gasteiger partial charge is 0.409 e. The molecule has 1 aliphatic carbocycles. The Morgan fingerprint density at radius 1 is 0.930 bits per heavy atom. The fraction of sp³-hybridized carbons (Fsp3) is 0.500. The number of nitrogens with one attached hydrogen (secondary N) is 2. The highest BCUT2D eigenvalue weighted by atomic mass is 32.1. The van der Waals surface area contributed by atoms with Crippen molar-refractivity contribution in [1.29, 1.82) is 0 Å². The number of aryl methyl sites for hydroxylation is 1. The summed E-state index contributed by atoms with van der Waals surface area (Å²) in [5.41, 5.74) is 9.15. The number of β-amino-alcohol motifs (C(OH)–C–C–N with tert-alkyl or cyclic N) is 1. The van der Waals surface area contributed by atoms with Crippen molar-refractivity contribution in [2.24, 2.45) is 5.92 Å². The second-order valence-corrected chi connectivity index (χ2v) is 27.3. The molecular formula is C64H73N12O8SSi. The van der Waals surface area contributed by atoms with E-state index in [1.807, 2.05) is 86.8 Å². The molecule has 7 aromatic rings. The molecule has 2 bridgehead atoms. The number of phenolic OH excluding ortho intramolecular Hbond substituents is 1. The highest BCUT2D eigenvalue weighted by molar-refractivity contribution is 7.13. The molecule has 20 nitrogen and oxygen atoms in total.